The largest absolute Gasteiger partial charge is 0.450 e. The molecule has 3 aromatic rings. The number of amides is 2. The van der Waals surface area contributed by atoms with Crippen molar-refractivity contribution in [2.45, 2.75) is 6.54 Å². The van der Waals surface area contributed by atoms with Crippen LogP contribution in [0.4, 0.5) is 16.2 Å². The van der Waals surface area contributed by atoms with Crippen LogP contribution in [0.2, 0.25) is 0 Å². The number of halogens is 1. The Morgan fingerprint density at radius 2 is 1.74 bits per heavy atom. The summed E-state index contributed by atoms with van der Waals surface area (Å²) in [6.07, 6.45) is 1.53. The van der Waals surface area contributed by atoms with Crippen LogP contribution in [0, 0.1) is 20.2 Å². The van der Waals surface area contributed by atoms with Crippen molar-refractivity contribution in [2.75, 3.05) is 0 Å². The maximum Gasteiger partial charge on any atom is 0.318 e. The Bertz CT molecular complexity index is 1410. The van der Waals surface area contributed by atoms with Crippen molar-refractivity contribution in [1.82, 2.24) is 4.90 Å². The zero-order valence-corrected chi connectivity index (χ0v) is 20.0. The van der Waals surface area contributed by atoms with Gasteiger partial charge in [-0.15, -0.1) is 0 Å². The number of nitrogens with zero attached hydrogens (tertiary/aromatic N) is 3. The number of nitro benzene ring substituents is 2. The van der Waals surface area contributed by atoms with E-state index in [0.717, 1.165) is 44.9 Å². The lowest BCUT2D eigenvalue weighted by molar-refractivity contribution is -0.394. The zero-order valence-electron chi connectivity index (χ0n) is 17.6. The molecule has 0 saturated carbocycles. The van der Waals surface area contributed by atoms with Gasteiger partial charge in [0, 0.05) is 10.5 Å². The van der Waals surface area contributed by atoms with Crippen LogP contribution < -0.4 is 4.74 Å². The number of ether oxygens (including phenoxy) is 1. The number of imide groups is 1. The molecule has 1 aliphatic rings. The summed E-state index contributed by atoms with van der Waals surface area (Å²) < 4.78 is 6.39. The lowest BCUT2D eigenvalue weighted by Gasteiger charge is -2.13. The molecule has 4 rings (SSSR count). The average molecular weight is 556 g/mol. The third kappa shape index (κ3) is 5.39. The Kier molecular flexibility index (Phi) is 6.94. The highest BCUT2D eigenvalue weighted by molar-refractivity contribution is 9.10. The van der Waals surface area contributed by atoms with Gasteiger partial charge in [-0.3, -0.25) is 34.7 Å². The maximum atomic E-state index is 12.9. The van der Waals surface area contributed by atoms with Crippen molar-refractivity contribution in [3.8, 4) is 11.5 Å². The molecule has 0 N–H and O–H groups in total. The first-order valence-corrected chi connectivity index (χ1v) is 11.5. The molecule has 0 aromatic heterocycles. The van der Waals surface area contributed by atoms with Crippen molar-refractivity contribution in [3.05, 3.63) is 107 Å². The normalized spacial score (nSPS) is 14.4. The molecule has 0 atom stereocenters. The molecule has 1 saturated heterocycles. The molecule has 1 fully saturated rings. The molecule has 3 aromatic carbocycles. The molecule has 176 valence electrons. The number of hydrogen-bond donors (Lipinski definition) is 0. The molecule has 0 unspecified atom stereocenters. The van der Waals surface area contributed by atoms with Gasteiger partial charge < -0.3 is 4.74 Å². The minimum atomic E-state index is -0.771. The summed E-state index contributed by atoms with van der Waals surface area (Å²) >= 11 is 4.22. The highest BCUT2D eigenvalue weighted by Crippen LogP contribution is 2.37. The van der Waals surface area contributed by atoms with E-state index < -0.39 is 32.4 Å². The number of carbonyl (C=O) groups is 2. The molecule has 35 heavy (non-hydrogen) atoms. The Labute approximate surface area is 210 Å². The summed E-state index contributed by atoms with van der Waals surface area (Å²) in [6, 6.07) is 16.7. The first kappa shape index (κ1) is 24.1. The molecular formula is C23H14BrN3O7S. The minimum absolute atomic E-state index is 0.121. The molecule has 0 aliphatic carbocycles. The molecule has 0 spiro atoms. The summed E-state index contributed by atoms with van der Waals surface area (Å²) in [7, 11) is 0. The van der Waals surface area contributed by atoms with E-state index in [9.17, 15) is 29.8 Å². The first-order valence-electron chi connectivity index (χ1n) is 9.92. The number of benzene rings is 3. The highest BCUT2D eigenvalue weighted by Gasteiger charge is 2.35. The average Bonchev–Trinajstić information content (AvgIpc) is 3.08. The van der Waals surface area contributed by atoms with Gasteiger partial charge in [0.25, 0.3) is 16.8 Å². The van der Waals surface area contributed by atoms with E-state index in [2.05, 4.69) is 15.9 Å². The van der Waals surface area contributed by atoms with Gasteiger partial charge in [0.2, 0.25) is 5.75 Å². The monoisotopic (exact) mass is 555 g/mol. The van der Waals surface area contributed by atoms with Crippen molar-refractivity contribution in [2.24, 2.45) is 0 Å². The van der Waals surface area contributed by atoms with Gasteiger partial charge in [-0.2, -0.15) is 0 Å². The fourth-order valence-corrected chi connectivity index (χ4v) is 4.48. The second kappa shape index (κ2) is 10.1. The molecule has 10 nitrogen and oxygen atoms in total. The van der Waals surface area contributed by atoms with Gasteiger partial charge in [0.05, 0.1) is 27.4 Å². The summed E-state index contributed by atoms with van der Waals surface area (Å²) in [6.45, 7) is 0.121. The van der Waals surface area contributed by atoms with Gasteiger partial charge in [-0.05, 0) is 53.2 Å². The van der Waals surface area contributed by atoms with Crippen LogP contribution in [0.15, 0.2) is 76.1 Å². The number of thioether (sulfide) groups is 1. The fourth-order valence-electron chi connectivity index (χ4n) is 3.23. The number of hydrogen-bond acceptors (Lipinski definition) is 8. The third-order valence-corrected chi connectivity index (χ3v) is 6.57. The van der Waals surface area contributed by atoms with Gasteiger partial charge in [-0.25, -0.2) is 0 Å². The molecule has 2 amide bonds. The maximum absolute atomic E-state index is 12.9. The number of carbonyl (C=O) groups excluding carboxylic acids is 2. The molecule has 1 heterocycles. The van der Waals surface area contributed by atoms with Crippen molar-refractivity contribution < 1.29 is 24.2 Å². The summed E-state index contributed by atoms with van der Waals surface area (Å²) in [5.74, 6) is -0.400. The van der Waals surface area contributed by atoms with Crippen LogP contribution in [-0.4, -0.2) is 25.9 Å². The standard InChI is InChI=1S/C23H14BrN3O7S/c24-18-7-2-1-5-15(18)13-25-22(28)21(35-23(25)29)11-14-4-3-6-17(10-14)34-20-9-8-16(26(30)31)12-19(20)27(32)33/h1-12H,13H2/b21-11+. The van der Waals surface area contributed by atoms with Crippen LogP contribution >= 0.6 is 27.7 Å². The number of nitro groups is 2. The van der Waals surface area contributed by atoms with E-state index in [0.29, 0.717) is 5.56 Å². The van der Waals surface area contributed by atoms with E-state index in [1.807, 2.05) is 24.3 Å². The lowest BCUT2D eigenvalue weighted by Crippen LogP contribution is -2.27. The van der Waals surface area contributed by atoms with Crippen LogP contribution in [0.5, 0.6) is 11.5 Å². The second-order valence-corrected chi connectivity index (χ2v) is 9.05. The van der Waals surface area contributed by atoms with Crippen molar-refractivity contribution in [3.63, 3.8) is 0 Å². The summed E-state index contributed by atoms with van der Waals surface area (Å²) in [4.78, 5) is 47.5. The molecular weight excluding hydrogens is 542 g/mol. The van der Waals surface area contributed by atoms with Crippen LogP contribution in [0.3, 0.4) is 0 Å². The van der Waals surface area contributed by atoms with E-state index in [1.54, 1.807) is 18.2 Å². The van der Waals surface area contributed by atoms with Gasteiger partial charge in [-0.1, -0.05) is 46.3 Å². The molecule has 0 radical (unpaired) electrons. The Balaban J connectivity index is 1.56. The van der Waals surface area contributed by atoms with Crippen LogP contribution in [-0.2, 0) is 11.3 Å². The van der Waals surface area contributed by atoms with E-state index in [4.69, 9.17) is 4.74 Å². The summed E-state index contributed by atoms with van der Waals surface area (Å²) in [5, 5.41) is 21.9. The quantitative estimate of drug-likeness (QED) is 0.188. The van der Waals surface area contributed by atoms with E-state index in [1.165, 1.54) is 12.1 Å². The van der Waals surface area contributed by atoms with Crippen LogP contribution in [0.1, 0.15) is 11.1 Å². The third-order valence-electron chi connectivity index (χ3n) is 4.89. The topological polar surface area (TPSA) is 133 Å². The molecule has 12 heteroatoms. The van der Waals surface area contributed by atoms with Crippen molar-refractivity contribution in [1.29, 1.82) is 0 Å². The zero-order chi connectivity index (χ0) is 25.1. The molecule has 0 bridgehead atoms. The predicted molar refractivity (Wildman–Crippen MR) is 132 cm³/mol. The minimum Gasteiger partial charge on any atom is -0.450 e. The lowest BCUT2D eigenvalue weighted by atomic mass is 10.2. The van der Waals surface area contributed by atoms with Gasteiger partial charge >= 0.3 is 5.69 Å². The first-order chi connectivity index (χ1) is 16.7. The van der Waals surface area contributed by atoms with Gasteiger partial charge in [0.15, 0.2) is 0 Å². The SMILES string of the molecule is O=C1S/C(=C/c2cccc(Oc3ccc([N+](=O)[O-])cc3[N+](=O)[O-])c2)C(=O)N1Cc1ccccc1Br. The predicted octanol–water partition coefficient (Wildman–Crippen LogP) is 6.29. The van der Waals surface area contributed by atoms with E-state index >= 15 is 0 Å². The highest BCUT2D eigenvalue weighted by atomic mass is 79.9. The number of non-ortho nitro benzene ring substituents is 1. The Morgan fingerprint density at radius 1 is 0.971 bits per heavy atom. The van der Waals surface area contributed by atoms with E-state index in [-0.39, 0.29) is 22.9 Å². The Hall–Kier alpha value is -4.03. The van der Waals surface area contributed by atoms with Gasteiger partial charge in [0.1, 0.15) is 5.75 Å². The number of rotatable bonds is 7. The van der Waals surface area contributed by atoms with Crippen LogP contribution in [0.25, 0.3) is 6.08 Å². The summed E-state index contributed by atoms with van der Waals surface area (Å²) in [5.41, 5.74) is 0.323. The van der Waals surface area contributed by atoms with Crippen molar-refractivity contribution >= 4 is 56.3 Å². The fraction of sp³-hybridized carbons (Fsp3) is 0.0435. The second-order valence-electron chi connectivity index (χ2n) is 7.20. The smallest absolute Gasteiger partial charge is 0.318 e. The molecule has 1 aliphatic heterocycles. The Morgan fingerprint density at radius 3 is 2.46 bits per heavy atom.